The first kappa shape index (κ1) is 16.3. The third kappa shape index (κ3) is 3.57. The monoisotopic (exact) mass is 317 g/mol. The summed E-state index contributed by atoms with van der Waals surface area (Å²) in [5.74, 6) is -0.500. The number of nitro benzene ring substituents is 1. The van der Waals surface area contributed by atoms with E-state index in [2.05, 4.69) is 0 Å². The van der Waals surface area contributed by atoms with Gasteiger partial charge in [-0.2, -0.15) is 0 Å². The summed E-state index contributed by atoms with van der Waals surface area (Å²) in [6.45, 7) is 1.45. The van der Waals surface area contributed by atoms with Crippen LogP contribution in [0.2, 0.25) is 0 Å². The standard InChI is InChI=1S/C16H15NO6/c1-10-4-3-5-13(15(10)18)16(19)23-9-11-8-12(17(20)21)6-7-14(11)22-2/h3-8,18H,9H2,1-2H3. The van der Waals surface area contributed by atoms with Crippen molar-refractivity contribution < 1.29 is 24.3 Å². The van der Waals surface area contributed by atoms with E-state index < -0.39 is 10.9 Å². The van der Waals surface area contributed by atoms with Crippen LogP contribution in [0.1, 0.15) is 21.5 Å². The van der Waals surface area contributed by atoms with Gasteiger partial charge in [-0.15, -0.1) is 0 Å². The number of nitro groups is 1. The van der Waals surface area contributed by atoms with Crippen molar-refractivity contribution >= 4 is 11.7 Å². The molecule has 120 valence electrons. The van der Waals surface area contributed by atoms with Crippen LogP contribution < -0.4 is 4.74 Å². The molecule has 0 saturated carbocycles. The highest BCUT2D eigenvalue weighted by Gasteiger charge is 2.17. The molecule has 0 bridgehead atoms. The molecule has 0 radical (unpaired) electrons. The van der Waals surface area contributed by atoms with Crippen molar-refractivity contribution in [3.8, 4) is 11.5 Å². The Balaban J connectivity index is 2.20. The second-order valence-corrected chi connectivity index (χ2v) is 4.80. The van der Waals surface area contributed by atoms with Crippen molar-refractivity contribution in [2.75, 3.05) is 7.11 Å². The van der Waals surface area contributed by atoms with Gasteiger partial charge >= 0.3 is 5.97 Å². The van der Waals surface area contributed by atoms with Crippen LogP contribution in [-0.2, 0) is 11.3 Å². The summed E-state index contributed by atoms with van der Waals surface area (Å²) in [4.78, 5) is 22.3. The predicted molar refractivity (Wildman–Crippen MR) is 81.6 cm³/mol. The quantitative estimate of drug-likeness (QED) is 0.517. The van der Waals surface area contributed by atoms with Gasteiger partial charge < -0.3 is 14.6 Å². The number of carbonyl (C=O) groups excluding carboxylic acids is 1. The zero-order valence-corrected chi connectivity index (χ0v) is 12.6. The lowest BCUT2D eigenvalue weighted by Crippen LogP contribution is -2.07. The fraction of sp³-hybridized carbons (Fsp3) is 0.188. The number of phenols is 1. The number of non-ortho nitro benzene ring substituents is 1. The van der Waals surface area contributed by atoms with Gasteiger partial charge in [0, 0.05) is 17.7 Å². The maximum absolute atomic E-state index is 12.1. The molecule has 23 heavy (non-hydrogen) atoms. The van der Waals surface area contributed by atoms with Gasteiger partial charge in [-0.25, -0.2) is 4.79 Å². The molecule has 0 spiro atoms. The van der Waals surface area contributed by atoms with Crippen LogP contribution in [0.3, 0.4) is 0 Å². The van der Waals surface area contributed by atoms with Gasteiger partial charge in [0.1, 0.15) is 23.7 Å². The summed E-state index contributed by atoms with van der Waals surface area (Å²) in [7, 11) is 1.42. The highest BCUT2D eigenvalue weighted by Crippen LogP contribution is 2.26. The molecule has 0 aliphatic rings. The average Bonchev–Trinajstić information content (AvgIpc) is 2.54. The van der Waals surface area contributed by atoms with Crippen LogP contribution in [0.5, 0.6) is 11.5 Å². The number of rotatable bonds is 5. The van der Waals surface area contributed by atoms with Gasteiger partial charge in [-0.3, -0.25) is 10.1 Å². The van der Waals surface area contributed by atoms with Gasteiger partial charge in [-0.05, 0) is 24.6 Å². The van der Waals surface area contributed by atoms with Gasteiger partial charge in [0.15, 0.2) is 0 Å². The number of methoxy groups -OCH3 is 1. The molecule has 0 heterocycles. The number of carbonyl (C=O) groups is 1. The van der Waals surface area contributed by atoms with Crippen molar-refractivity contribution in [1.29, 1.82) is 0 Å². The van der Waals surface area contributed by atoms with E-state index in [1.807, 2.05) is 0 Å². The zero-order valence-electron chi connectivity index (χ0n) is 12.6. The molecule has 2 rings (SSSR count). The van der Waals surface area contributed by atoms with E-state index in [4.69, 9.17) is 9.47 Å². The molecule has 0 aliphatic heterocycles. The van der Waals surface area contributed by atoms with Crippen LogP contribution in [0.4, 0.5) is 5.69 Å². The number of ether oxygens (including phenoxy) is 2. The lowest BCUT2D eigenvalue weighted by Gasteiger charge is -2.10. The highest BCUT2D eigenvalue weighted by atomic mass is 16.6. The summed E-state index contributed by atoms with van der Waals surface area (Å²) in [5, 5.41) is 20.7. The number of aromatic hydroxyl groups is 1. The Morgan fingerprint density at radius 2 is 2.04 bits per heavy atom. The number of hydrogen-bond donors (Lipinski definition) is 1. The Hall–Kier alpha value is -3.09. The third-order valence-electron chi connectivity index (χ3n) is 3.29. The Kier molecular flexibility index (Phi) is 4.80. The predicted octanol–water partition coefficient (Wildman–Crippen LogP) is 2.97. The lowest BCUT2D eigenvalue weighted by molar-refractivity contribution is -0.385. The number of aryl methyl sites for hydroxylation is 1. The molecule has 2 aromatic rings. The van der Waals surface area contributed by atoms with Crippen LogP contribution in [0.15, 0.2) is 36.4 Å². The first-order valence-electron chi connectivity index (χ1n) is 6.71. The van der Waals surface area contributed by atoms with Crippen molar-refractivity contribution in [2.45, 2.75) is 13.5 Å². The Morgan fingerprint density at radius 1 is 1.30 bits per heavy atom. The highest BCUT2D eigenvalue weighted by molar-refractivity contribution is 5.92. The number of nitrogens with zero attached hydrogens (tertiary/aromatic N) is 1. The maximum Gasteiger partial charge on any atom is 0.342 e. The fourth-order valence-electron chi connectivity index (χ4n) is 2.04. The summed E-state index contributed by atoms with van der Waals surface area (Å²) in [5.41, 5.74) is 0.819. The molecule has 0 fully saturated rings. The normalized spacial score (nSPS) is 10.2. The fourth-order valence-corrected chi connectivity index (χ4v) is 2.04. The summed E-state index contributed by atoms with van der Waals surface area (Å²) in [6.07, 6.45) is 0. The molecule has 0 amide bonds. The Labute approximate surface area is 132 Å². The Morgan fingerprint density at radius 3 is 2.70 bits per heavy atom. The number of para-hydroxylation sites is 1. The van der Waals surface area contributed by atoms with Crippen molar-refractivity contribution in [1.82, 2.24) is 0 Å². The van der Waals surface area contributed by atoms with E-state index in [9.17, 15) is 20.0 Å². The van der Waals surface area contributed by atoms with E-state index in [-0.39, 0.29) is 23.6 Å². The van der Waals surface area contributed by atoms with Crippen LogP contribution in [-0.4, -0.2) is 23.1 Å². The van der Waals surface area contributed by atoms with Gasteiger partial charge in [0.2, 0.25) is 0 Å². The van der Waals surface area contributed by atoms with Gasteiger partial charge in [0.25, 0.3) is 5.69 Å². The summed E-state index contributed by atoms with van der Waals surface area (Å²) in [6, 6.07) is 8.74. The molecule has 0 unspecified atom stereocenters. The summed E-state index contributed by atoms with van der Waals surface area (Å²) < 4.78 is 10.2. The number of phenolic OH excluding ortho intramolecular Hbond substituents is 1. The van der Waals surface area contributed by atoms with Gasteiger partial charge in [-0.1, -0.05) is 12.1 Å². The van der Waals surface area contributed by atoms with E-state index in [1.54, 1.807) is 19.1 Å². The van der Waals surface area contributed by atoms with Crippen molar-refractivity contribution in [3.05, 3.63) is 63.2 Å². The third-order valence-corrected chi connectivity index (χ3v) is 3.29. The number of esters is 1. The summed E-state index contributed by atoms with van der Waals surface area (Å²) >= 11 is 0. The number of benzene rings is 2. The van der Waals surface area contributed by atoms with Crippen molar-refractivity contribution in [2.24, 2.45) is 0 Å². The van der Waals surface area contributed by atoms with Crippen LogP contribution >= 0.6 is 0 Å². The molecule has 2 aromatic carbocycles. The second kappa shape index (κ2) is 6.78. The van der Waals surface area contributed by atoms with E-state index >= 15 is 0 Å². The Bertz CT molecular complexity index is 756. The van der Waals surface area contributed by atoms with E-state index in [0.717, 1.165) is 0 Å². The SMILES string of the molecule is COc1ccc([N+](=O)[O-])cc1COC(=O)c1cccc(C)c1O. The first-order valence-corrected chi connectivity index (χ1v) is 6.71. The minimum Gasteiger partial charge on any atom is -0.507 e. The molecular formula is C16H15NO6. The molecular weight excluding hydrogens is 302 g/mol. The van der Waals surface area contributed by atoms with Crippen LogP contribution in [0, 0.1) is 17.0 Å². The molecule has 0 aliphatic carbocycles. The lowest BCUT2D eigenvalue weighted by atomic mass is 10.1. The van der Waals surface area contributed by atoms with E-state index in [1.165, 1.54) is 31.4 Å². The first-order chi connectivity index (χ1) is 10.9. The average molecular weight is 317 g/mol. The van der Waals surface area contributed by atoms with E-state index in [0.29, 0.717) is 16.9 Å². The molecule has 7 nitrogen and oxygen atoms in total. The minimum atomic E-state index is -0.722. The molecule has 0 atom stereocenters. The smallest absolute Gasteiger partial charge is 0.342 e. The van der Waals surface area contributed by atoms with Crippen molar-refractivity contribution in [3.63, 3.8) is 0 Å². The maximum atomic E-state index is 12.1. The molecule has 7 heteroatoms. The van der Waals surface area contributed by atoms with Crippen LogP contribution in [0.25, 0.3) is 0 Å². The number of hydrogen-bond acceptors (Lipinski definition) is 6. The molecule has 0 saturated heterocycles. The zero-order chi connectivity index (χ0) is 17.0. The molecule has 0 aromatic heterocycles. The second-order valence-electron chi connectivity index (χ2n) is 4.80. The minimum absolute atomic E-state index is 0.0365. The largest absolute Gasteiger partial charge is 0.507 e. The topological polar surface area (TPSA) is 98.9 Å². The molecule has 1 N–H and O–H groups in total. The van der Waals surface area contributed by atoms with Gasteiger partial charge in [0.05, 0.1) is 12.0 Å².